The monoisotopic (exact) mass is 415 g/mol. The van der Waals surface area contributed by atoms with Crippen LogP contribution in [0.1, 0.15) is 5.56 Å². The maximum atomic E-state index is 12.5. The number of halogens is 5. The fourth-order valence-corrected chi connectivity index (χ4v) is 3.76. The molecule has 11 heteroatoms. The summed E-state index contributed by atoms with van der Waals surface area (Å²) in [6, 6.07) is 0.668. The van der Waals surface area contributed by atoms with Crippen molar-refractivity contribution in [1.29, 1.82) is 0 Å². The lowest BCUT2D eigenvalue weighted by molar-refractivity contribution is -0.388. The molecule has 0 fully saturated rings. The SMILES string of the molecule is O=[N+]([O-])c1cc(S(=O)(=O)Cl)c(I)cc1C(F)(F)F. The minimum Gasteiger partial charge on any atom is -0.258 e. The van der Waals surface area contributed by atoms with Gasteiger partial charge in [-0.3, -0.25) is 10.1 Å². The molecule has 0 N–H and O–H groups in total. The Kier molecular flexibility index (Phi) is 4.13. The topological polar surface area (TPSA) is 77.3 Å². The number of hydrogen-bond acceptors (Lipinski definition) is 4. The molecule has 0 aromatic heterocycles. The molecule has 18 heavy (non-hydrogen) atoms. The molecule has 1 aromatic carbocycles. The molecule has 0 aliphatic carbocycles. The van der Waals surface area contributed by atoms with Crippen LogP contribution in [-0.2, 0) is 15.2 Å². The van der Waals surface area contributed by atoms with E-state index < -0.39 is 36.3 Å². The van der Waals surface area contributed by atoms with Crippen LogP contribution >= 0.6 is 33.3 Å². The number of alkyl halides is 3. The van der Waals surface area contributed by atoms with Crippen molar-refractivity contribution in [3.8, 4) is 0 Å². The molecule has 0 spiro atoms. The first-order valence-corrected chi connectivity index (χ1v) is 7.33. The fourth-order valence-electron chi connectivity index (χ4n) is 1.11. The zero-order valence-electron chi connectivity index (χ0n) is 8.03. The van der Waals surface area contributed by atoms with Gasteiger partial charge in [0.1, 0.15) is 10.5 Å². The summed E-state index contributed by atoms with van der Waals surface area (Å²) in [4.78, 5) is 8.48. The second-order valence-corrected chi connectivity index (χ2v) is 6.69. The van der Waals surface area contributed by atoms with Gasteiger partial charge in [-0.15, -0.1) is 0 Å². The third-order valence-corrected chi connectivity index (χ3v) is 4.44. The maximum absolute atomic E-state index is 12.5. The normalized spacial score (nSPS) is 12.5. The maximum Gasteiger partial charge on any atom is 0.423 e. The van der Waals surface area contributed by atoms with Crippen LogP contribution in [0.5, 0.6) is 0 Å². The van der Waals surface area contributed by atoms with Crippen LogP contribution in [0.15, 0.2) is 17.0 Å². The highest BCUT2D eigenvalue weighted by molar-refractivity contribution is 14.1. The Balaban J connectivity index is 3.71. The lowest BCUT2D eigenvalue weighted by Crippen LogP contribution is -2.11. The summed E-state index contributed by atoms with van der Waals surface area (Å²) in [5, 5.41) is 10.5. The van der Waals surface area contributed by atoms with Gasteiger partial charge in [-0.1, -0.05) is 0 Å². The molecule has 1 aromatic rings. The van der Waals surface area contributed by atoms with Crippen molar-refractivity contribution in [2.45, 2.75) is 11.1 Å². The van der Waals surface area contributed by atoms with Crippen molar-refractivity contribution >= 4 is 48.0 Å². The molecule has 0 atom stereocenters. The predicted molar refractivity (Wildman–Crippen MR) is 63.9 cm³/mol. The average molecular weight is 416 g/mol. The van der Waals surface area contributed by atoms with E-state index in [1.54, 1.807) is 0 Å². The van der Waals surface area contributed by atoms with Gasteiger partial charge in [0.05, 0.1) is 4.92 Å². The predicted octanol–water partition coefficient (Wildman–Crippen LogP) is 3.15. The summed E-state index contributed by atoms with van der Waals surface area (Å²) < 4.78 is 59.3. The van der Waals surface area contributed by atoms with Gasteiger partial charge in [-0.25, -0.2) is 8.42 Å². The summed E-state index contributed by atoms with van der Waals surface area (Å²) in [6.07, 6.45) is -4.96. The van der Waals surface area contributed by atoms with E-state index in [0.717, 1.165) is 0 Å². The first-order valence-electron chi connectivity index (χ1n) is 3.94. The van der Waals surface area contributed by atoms with Crippen LogP contribution in [-0.4, -0.2) is 13.3 Å². The van der Waals surface area contributed by atoms with Crippen molar-refractivity contribution in [1.82, 2.24) is 0 Å². The Labute approximate surface area is 117 Å². The van der Waals surface area contributed by atoms with Gasteiger partial charge < -0.3 is 0 Å². The number of benzene rings is 1. The highest BCUT2D eigenvalue weighted by Crippen LogP contribution is 2.39. The van der Waals surface area contributed by atoms with Crippen LogP contribution in [0.3, 0.4) is 0 Å². The molecule has 0 aliphatic rings. The minimum absolute atomic E-state index is 0.299. The molecular formula is C7H2ClF3INO4S. The van der Waals surface area contributed by atoms with E-state index in [1.807, 2.05) is 0 Å². The van der Waals surface area contributed by atoms with Crippen LogP contribution in [0, 0.1) is 13.7 Å². The Bertz CT molecular complexity index is 616. The smallest absolute Gasteiger partial charge is 0.258 e. The molecular weight excluding hydrogens is 413 g/mol. The van der Waals surface area contributed by atoms with E-state index in [-0.39, 0.29) is 3.57 Å². The van der Waals surface area contributed by atoms with Crippen LogP contribution in [0.2, 0.25) is 0 Å². The summed E-state index contributed by atoms with van der Waals surface area (Å²) in [5.41, 5.74) is -2.89. The van der Waals surface area contributed by atoms with Crippen molar-refractivity contribution in [3.05, 3.63) is 31.4 Å². The van der Waals surface area contributed by atoms with E-state index in [9.17, 15) is 31.7 Å². The fraction of sp³-hybridized carbons (Fsp3) is 0.143. The van der Waals surface area contributed by atoms with Gasteiger partial charge in [-0.2, -0.15) is 13.2 Å². The number of nitro benzene ring substituents is 1. The quantitative estimate of drug-likeness (QED) is 0.322. The average Bonchev–Trinajstić information content (AvgIpc) is 2.13. The molecule has 0 amide bonds. The van der Waals surface area contributed by atoms with E-state index in [0.29, 0.717) is 12.1 Å². The van der Waals surface area contributed by atoms with Gasteiger partial charge in [0, 0.05) is 20.3 Å². The zero-order valence-corrected chi connectivity index (χ0v) is 11.8. The molecule has 0 bridgehead atoms. The second-order valence-electron chi connectivity index (χ2n) is 2.99. The van der Waals surface area contributed by atoms with Crippen LogP contribution in [0.25, 0.3) is 0 Å². The second kappa shape index (κ2) is 4.81. The summed E-state index contributed by atoms with van der Waals surface area (Å²) in [6.45, 7) is 0. The van der Waals surface area contributed by atoms with Gasteiger partial charge >= 0.3 is 6.18 Å². The lowest BCUT2D eigenvalue weighted by atomic mass is 10.2. The Morgan fingerprint density at radius 2 is 1.83 bits per heavy atom. The van der Waals surface area contributed by atoms with Crippen LogP contribution < -0.4 is 0 Å². The molecule has 0 saturated heterocycles. The van der Waals surface area contributed by atoms with E-state index in [4.69, 9.17) is 10.7 Å². The molecule has 0 heterocycles. The van der Waals surface area contributed by atoms with Gasteiger partial charge in [0.2, 0.25) is 0 Å². The lowest BCUT2D eigenvalue weighted by Gasteiger charge is -2.09. The third kappa shape index (κ3) is 3.23. The first kappa shape index (κ1) is 15.4. The largest absolute Gasteiger partial charge is 0.423 e. The van der Waals surface area contributed by atoms with Crippen molar-refractivity contribution in [2.24, 2.45) is 0 Å². The molecule has 0 aliphatic heterocycles. The minimum atomic E-state index is -4.96. The molecule has 5 nitrogen and oxygen atoms in total. The van der Waals surface area contributed by atoms with E-state index >= 15 is 0 Å². The summed E-state index contributed by atoms with van der Waals surface area (Å²) in [7, 11) is 0.612. The standard InChI is InChI=1S/C7H2ClF3INO4S/c8-18(16,17)6-2-5(13(14)15)3(1-4(6)12)7(9,10)11/h1-2H. The third-order valence-electron chi connectivity index (χ3n) is 1.81. The number of hydrogen-bond donors (Lipinski definition) is 0. The van der Waals surface area contributed by atoms with Crippen molar-refractivity contribution in [2.75, 3.05) is 0 Å². The molecule has 0 radical (unpaired) electrons. The van der Waals surface area contributed by atoms with Gasteiger partial charge in [-0.05, 0) is 28.7 Å². The molecule has 0 saturated carbocycles. The Hall–Kier alpha value is -0.620. The summed E-state index contributed by atoms with van der Waals surface area (Å²) >= 11 is 1.31. The van der Waals surface area contributed by atoms with Gasteiger partial charge in [0.15, 0.2) is 0 Å². The summed E-state index contributed by atoms with van der Waals surface area (Å²) in [5.74, 6) is 0. The van der Waals surface area contributed by atoms with Crippen LogP contribution in [0.4, 0.5) is 18.9 Å². The highest BCUT2D eigenvalue weighted by atomic mass is 127. The first-order chi connectivity index (χ1) is 7.94. The molecule has 0 unspecified atom stereocenters. The zero-order chi connectivity index (χ0) is 14.3. The van der Waals surface area contributed by atoms with Crippen molar-refractivity contribution in [3.63, 3.8) is 0 Å². The highest BCUT2D eigenvalue weighted by Gasteiger charge is 2.40. The van der Waals surface area contributed by atoms with Gasteiger partial charge in [0.25, 0.3) is 14.7 Å². The number of nitrogens with zero attached hydrogens (tertiary/aromatic N) is 1. The van der Waals surface area contributed by atoms with E-state index in [1.165, 1.54) is 22.6 Å². The number of rotatable bonds is 2. The Morgan fingerprint density at radius 3 is 2.17 bits per heavy atom. The molecule has 100 valence electrons. The molecule has 1 rings (SSSR count). The number of nitro groups is 1. The van der Waals surface area contributed by atoms with Crippen molar-refractivity contribution < 1.29 is 26.5 Å². The Morgan fingerprint density at radius 1 is 1.33 bits per heavy atom. The van der Waals surface area contributed by atoms with E-state index in [2.05, 4.69) is 0 Å².